The molecule has 0 aromatic heterocycles. The topological polar surface area (TPSA) is 114 Å². The third-order valence-corrected chi connectivity index (χ3v) is 4.04. The van der Waals surface area contributed by atoms with Gasteiger partial charge in [-0.3, -0.25) is 14.9 Å². The highest BCUT2D eigenvalue weighted by Crippen LogP contribution is 2.07. The van der Waals surface area contributed by atoms with E-state index in [1.807, 2.05) is 37.3 Å². The molecule has 0 saturated carbocycles. The van der Waals surface area contributed by atoms with Crippen molar-refractivity contribution in [2.45, 2.75) is 25.8 Å². The van der Waals surface area contributed by atoms with Crippen LogP contribution in [0.3, 0.4) is 0 Å². The standard InChI is InChI=1S/C22H25N3O5/c1-2-13-23-22(29)25-19(26)15-30-21(28)18(14-16-9-5-3-6-10-16)24-20(27)17-11-7-4-8-12-17/h3-12,18H,2,13-15H2,1H3,(H,24,27)(H2,23,25,26,29)/t18-/m1/s1. The Balaban J connectivity index is 1.98. The fraction of sp³-hybridized carbons (Fsp3) is 0.273. The lowest BCUT2D eigenvalue weighted by atomic mass is 10.1. The molecule has 1 atom stereocenters. The zero-order valence-electron chi connectivity index (χ0n) is 16.7. The van der Waals surface area contributed by atoms with Crippen LogP contribution in [0.4, 0.5) is 4.79 Å². The lowest BCUT2D eigenvalue weighted by molar-refractivity contribution is -0.150. The first-order chi connectivity index (χ1) is 14.5. The van der Waals surface area contributed by atoms with Crippen LogP contribution in [-0.2, 0) is 20.7 Å². The summed E-state index contributed by atoms with van der Waals surface area (Å²) in [6, 6.07) is 15.9. The molecule has 0 radical (unpaired) electrons. The number of imide groups is 1. The Morgan fingerprint density at radius 1 is 0.933 bits per heavy atom. The van der Waals surface area contributed by atoms with Crippen molar-refractivity contribution >= 4 is 23.8 Å². The Morgan fingerprint density at radius 3 is 2.20 bits per heavy atom. The Labute approximate surface area is 175 Å². The van der Waals surface area contributed by atoms with Crippen molar-refractivity contribution in [1.82, 2.24) is 16.0 Å². The van der Waals surface area contributed by atoms with E-state index in [1.54, 1.807) is 30.3 Å². The van der Waals surface area contributed by atoms with Gasteiger partial charge < -0.3 is 15.4 Å². The third kappa shape index (κ3) is 7.75. The molecule has 8 nitrogen and oxygen atoms in total. The van der Waals surface area contributed by atoms with Crippen LogP contribution in [0.15, 0.2) is 60.7 Å². The number of esters is 1. The normalized spacial score (nSPS) is 11.1. The van der Waals surface area contributed by atoms with Gasteiger partial charge in [0.1, 0.15) is 6.04 Å². The highest BCUT2D eigenvalue weighted by Gasteiger charge is 2.24. The summed E-state index contributed by atoms with van der Waals surface area (Å²) in [5, 5.41) is 7.20. The van der Waals surface area contributed by atoms with Gasteiger partial charge >= 0.3 is 12.0 Å². The molecule has 0 aliphatic rings. The average Bonchev–Trinajstić information content (AvgIpc) is 2.76. The highest BCUT2D eigenvalue weighted by atomic mass is 16.5. The van der Waals surface area contributed by atoms with Crippen LogP contribution in [0, 0.1) is 0 Å². The molecule has 0 fully saturated rings. The molecule has 0 saturated heterocycles. The van der Waals surface area contributed by atoms with Crippen LogP contribution < -0.4 is 16.0 Å². The Hall–Kier alpha value is -3.68. The number of carbonyl (C=O) groups is 4. The molecule has 2 aromatic rings. The zero-order chi connectivity index (χ0) is 21.8. The second kappa shape index (κ2) is 12.0. The zero-order valence-corrected chi connectivity index (χ0v) is 16.7. The Morgan fingerprint density at radius 2 is 1.57 bits per heavy atom. The quantitative estimate of drug-likeness (QED) is 0.545. The average molecular weight is 411 g/mol. The van der Waals surface area contributed by atoms with Gasteiger partial charge in [0.2, 0.25) is 0 Å². The van der Waals surface area contributed by atoms with Crippen molar-refractivity contribution in [1.29, 1.82) is 0 Å². The second-order valence-corrected chi connectivity index (χ2v) is 6.49. The fourth-order valence-corrected chi connectivity index (χ4v) is 2.56. The highest BCUT2D eigenvalue weighted by molar-refractivity contribution is 5.98. The molecule has 30 heavy (non-hydrogen) atoms. The molecule has 0 aliphatic carbocycles. The van der Waals surface area contributed by atoms with Gasteiger partial charge in [-0.15, -0.1) is 0 Å². The first-order valence-electron chi connectivity index (χ1n) is 9.63. The van der Waals surface area contributed by atoms with Crippen molar-refractivity contribution in [3.63, 3.8) is 0 Å². The number of amides is 4. The molecule has 0 spiro atoms. The van der Waals surface area contributed by atoms with Gasteiger partial charge in [-0.2, -0.15) is 0 Å². The lowest BCUT2D eigenvalue weighted by Crippen LogP contribution is -2.45. The number of carbonyl (C=O) groups excluding carboxylic acids is 4. The number of rotatable bonds is 9. The number of hydrogen-bond donors (Lipinski definition) is 3. The minimum Gasteiger partial charge on any atom is -0.454 e. The van der Waals surface area contributed by atoms with E-state index in [4.69, 9.17) is 4.74 Å². The predicted molar refractivity (Wildman–Crippen MR) is 111 cm³/mol. The minimum absolute atomic E-state index is 0.191. The van der Waals surface area contributed by atoms with Gasteiger partial charge in [-0.1, -0.05) is 55.5 Å². The summed E-state index contributed by atoms with van der Waals surface area (Å²) in [5.41, 5.74) is 1.21. The summed E-state index contributed by atoms with van der Waals surface area (Å²) in [4.78, 5) is 48.3. The van der Waals surface area contributed by atoms with Crippen LogP contribution >= 0.6 is 0 Å². The summed E-state index contributed by atoms with van der Waals surface area (Å²) < 4.78 is 5.03. The minimum atomic E-state index is -0.998. The number of ether oxygens (including phenoxy) is 1. The smallest absolute Gasteiger partial charge is 0.329 e. The molecule has 0 aliphatic heterocycles. The number of benzene rings is 2. The molecular weight excluding hydrogens is 386 g/mol. The third-order valence-electron chi connectivity index (χ3n) is 4.04. The fourth-order valence-electron chi connectivity index (χ4n) is 2.56. The van der Waals surface area contributed by atoms with Gasteiger partial charge in [0.25, 0.3) is 11.8 Å². The molecular formula is C22H25N3O5. The van der Waals surface area contributed by atoms with Crippen LogP contribution in [0.1, 0.15) is 29.3 Å². The maximum Gasteiger partial charge on any atom is 0.329 e. The lowest BCUT2D eigenvalue weighted by Gasteiger charge is -2.18. The first kappa shape index (κ1) is 22.6. The number of urea groups is 1. The van der Waals surface area contributed by atoms with Gasteiger partial charge in [-0.25, -0.2) is 9.59 Å². The summed E-state index contributed by atoms with van der Waals surface area (Å²) in [6.45, 7) is 1.66. The monoisotopic (exact) mass is 411 g/mol. The van der Waals surface area contributed by atoms with E-state index >= 15 is 0 Å². The van der Waals surface area contributed by atoms with Gasteiger partial charge in [0.15, 0.2) is 6.61 Å². The van der Waals surface area contributed by atoms with Crippen molar-refractivity contribution < 1.29 is 23.9 Å². The Bertz CT molecular complexity index is 856. The molecule has 3 N–H and O–H groups in total. The van der Waals surface area contributed by atoms with Crippen molar-refractivity contribution in [2.75, 3.05) is 13.2 Å². The molecule has 158 valence electrons. The van der Waals surface area contributed by atoms with Crippen LogP contribution in [-0.4, -0.2) is 43.0 Å². The van der Waals surface area contributed by atoms with E-state index < -0.39 is 36.5 Å². The van der Waals surface area contributed by atoms with E-state index in [0.29, 0.717) is 12.1 Å². The number of nitrogens with one attached hydrogen (secondary N) is 3. The van der Waals surface area contributed by atoms with Gasteiger partial charge in [0, 0.05) is 18.5 Å². The summed E-state index contributed by atoms with van der Waals surface area (Å²) in [5.74, 6) is -1.96. The molecule has 0 bridgehead atoms. The largest absolute Gasteiger partial charge is 0.454 e. The molecule has 4 amide bonds. The van der Waals surface area contributed by atoms with Crippen LogP contribution in [0.2, 0.25) is 0 Å². The van der Waals surface area contributed by atoms with E-state index in [1.165, 1.54) is 0 Å². The maximum absolute atomic E-state index is 12.6. The SMILES string of the molecule is CCCNC(=O)NC(=O)COC(=O)[C@@H](Cc1ccccc1)NC(=O)c1ccccc1. The van der Waals surface area contributed by atoms with E-state index in [9.17, 15) is 19.2 Å². The van der Waals surface area contributed by atoms with Gasteiger partial charge in [0.05, 0.1) is 0 Å². The van der Waals surface area contributed by atoms with E-state index in [-0.39, 0.29) is 6.42 Å². The summed E-state index contributed by atoms with van der Waals surface area (Å²) >= 11 is 0. The van der Waals surface area contributed by atoms with E-state index in [2.05, 4.69) is 16.0 Å². The molecule has 2 rings (SSSR count). The van der Waals surface area contributed by atoms with Gasteiger partial charge in [-0.05, 0) is 24.1 Å². The first-order valence-corrected chi connectivity index (χ1v) is 9.63. The number of hydrogen-bond acceptors (Lipinski definition) is 5. The second-order valence-electron chi connectivity index (χ2n) is 6.49. The Kier molecular flexibility index (Phi) is 9.05. The van der Waals surface area contributed by atoms with Crippen molar-refractivity contribution in [3.05, 3.63) is 71.8 Å². The predicted octanol–water partition coefficient (Wildman–Crippen LogP) is 1.81. The van der Waals surface area contributed by atoms with E-state index in [0.717, 1.165) is 12.0 Å². The molecule has 2 aromatic carbocycles. The van der Waals surface area contributed by atoms with Crippen molar-refractivity contribution in [2.24, 2.45) is 0 Å². The maximum atomic E-state index is 12.6. The summed E-state index contributed by atoms with van der Waals surface area (Å²) in [6.07, 6.45) is 0.912. The van der Waals surface area contributed by atoms with Crippen LogP contribution in [0.5, 0.6) is 0 Å². The summed E-state index contributed by atoms with van der Waals surface area (Å²) in [7, 11) is 0. The molecule has 8 heteroatoms. The molecule has 0 unspecified atom stereocenters. The van der Waals surface area contributed by atoms with Crippen LogP contribution in [0.25, 0.3) is 0 Å². The van der Waals surface area contributed by atoms with Crippen molar-refractivity contribution in [3.8, 4) is 0 Å². The molecule has 0 heterocycles.